The van der Waals surface area contributed by atoms with E-state index in [4.69, 9.17) is 5.73 Å². The lowest BCUT2D eigenvalue weighted by molar-refractivity contribution is -0.115. The quantitative estimate of drug-likeness (QED) is 0.732. The number of thioether (sulfide) groups is 1. The zero-order chi connectivity index (χ0) is 16.2. The van der Waals surface area contributed by atoms with Gasteiger partial charge in [-0.2, -0.15) is 0 Å². The molecule has 0 radical (unpaired) electrons. The number of hydrogen-bond donors (Lipinski definition) is 1. The Morgan fingerprint density at radius 1 is 1.13 bits per heavy atom. The summed E-state index contributed by atoms with van der Waals surface area (Å²) in [4.78, 5) is 15.6. The van der Waals surface area contributed by atoms with E-state index in [9.17, 15) is 4.79 Å². The van der Waals surface area contributed by atoms with E-state index in [-0.39, 0.29) is 11.7 Å². The van der Waals surface area contributed by atoms with Gasteiger partial charge in [-0.25, -0.2) is 4.98 Å². The first-order valence-electron chi connectivity index (χ1n) is 7.26. The Morgan fingerprint density at radius 2 is 1.83 bits per heavy atom. The zero-order valence-electron chi connectivity index (χ0n) is 12.8. The molecule has 0 bridgehead atoms. The topological polar surface area (TPSA) is 60.9 Å². The zero-order valence-corrected chi connectivity index (χ0v) is 13.6. The minimum atomic E-state index is -0.352. The van der Waals surface area contributed by atoms with E-state index in [1.807, 2.05) is 36.5 Å². The summed E-state index contributed by atoms with van der Waals surface area (Å²) in [5, 5.41) is 0.756. The molecule has 1 amide bonds. The van der Waals surface area contributed by atoms with E-state index in [2.05, 4.69) is 40.7 Å². The molecule has 0 atom stereocenters. The second kappa shape index (κ2) is 6.71. The van der Waals surface area contributed by atoms with E-state index in [1.165, 1.54) is 17.3 Å². The molecule has 4 nitrogen and oxygen atoms in total. The lowest BCUT2D eigenvalue weighted by Gasteiger charge is -2.12. The largest absolute Gasteiger partial charge is 0.369 e. The van der Waals surface area contributed by atoms with Gasteiger partial charge in [-0.1, -0.05) is 59.8 Å². The summed E-state index contributed by atoms with van der Waals surface area (Å²) >= 11 is 1.35. The number of carbonyl (C=O) groups excluding carboxylic acids is 1. The fourth-order valence-electron chi connectivity index (χ4n) is 2.33. The summed E-state index contributed by atoms with van der Waals surface area (Å²) in [5.41, 5.74) is 9.54. The Balaban J connectivity index is 2.10. The van der Waals surface area contributed by atoms with Crippen LogP contribution >= 0.6 is 11.8 Å². The van der Waals surface area contributed by atoms with Crippen molar-refractivity contribution in [3.05, 3.63) is 66.4 Å². The maximum atomic E-state index is 11.1. The summed E-state index contributed by atoms with van der Waals surface area (Å²) in [7, 11) is 0. The van der Waals surface area contributed by atoms with Crippen LogP contribution in [0.5, 0.6) is 0 Å². The number of rotatable bonds is 5. The molecule has 2 N–H and O–H groups in total. The number of nitrogens with two attached hydrogens (primary N) is 1. The molecule has 0 spiro atoms. The first-order chi connectivity index (χ1) is 11.1. The average Bonchev–Trinajstić information content (AvgIpc) is 2.98. The van der Waals surface area contributed by atoms with Crippen LogP contribution in [0, 0.1) is 6.92 Å². The lowest BCUT2D eigenvalue weighted by Crippen LogP contribution is -2.13. The van der Waals surface area contributed by atoms with E-state index in [0.717, 1.165) is 22.1 Å². The van der Waals surface area contributed by atoms with Gasteiger partial charge >= 0.3 is 0 Å². The molecular weight excluding hydrogens is 306 g/mol. The molecule has 0 aliphatic heterocycles. The van der Waals surface area contributed by atoms with Crippen molar-refractivity contribution >= 4 is 17.7 Å². The Kier molecular flexibility index (Phi) is 4.48. The third kappa shape index (κ3) is 3.46. The fraction of sp³-hybridized carbons (Fsp3) is 0.111. The van der Waals surface area contributed by atoms with Crippen molar-refractivity contribution in [1.82, 2.24) is 9.55 Å². The highest BCUT2D eigenvalue weighted by atomic mass is 32.2. The molecule has 23 heavy (non-hydrogen) atoms. The molecule has 5 heteroatoms. The predicted octanol–water partition coefficient (Wildman–Crippen LogP) is 3.43. The second-order valence-corrected chi connectivity index (χ2v) is 6.16. The summed E-state index contributed by atoms with van der Waals surface area (Å²) < 4.78 is 2.06. The molecule has 116 valence electrons. The molecule has 0 saturated heterocycles. The number of aryl methyl sites for hydroxylation is 1. The second-order valence-electron chi connectivity index (χ2n) is 5.22. The molecule has 0 aliphatic rings. The van der Waals surface area contributed by atoms with Gasteiger partial charge in [-0.05, 0) is 19.1 Å². The molecule has 0 fully saturated rings. The van der Waals surface area contributed by atoms with E-state index < -0.39 is 0 Å². The van der Waals surface area contributed by atoms with Crippen LogP contribution < -0.4 is 5.73 Å². The van der Waals surface area contributed by atoms with Gasteiger partial charge in [0.2, 0.25) is 5.91 Å². The normalized spacial score (nSPS) is 10.7. The van der Waals surface area contributed by atoms with Crippen LogP contribution in [0.25, 0.3) is 16.9 Å². The molecule has 1 aromatic heterocycles. The summed E-state index contributed by atoms with van der Waals surface area (Å²) in [6.45, 7) is 2.05. The van der Waals surface area contributed by atoms with Gasteiger partial charge in [-0.15, -0.1) is 0 Å². The smallest absolute Gasteiger partial charge is 0.227 e. The molecular formula is C18H17N3OS. The third-order valence-electron chi connectivity index (χ3n) is 3.43. The minimum absolute atomic E-state index is 0.205. The highest BCUT2D eigenvalue weighted by molar-refractivity contribution is 7.99. The molecule has 1 heterocycles. The monoisotopic (exact) mass is 323 g/mol. The Labute approximate surface area is 139 Å². The Morgan fingerprint density at radius 3 is 2.48 bits per heavy atom. The number of primary amides is 1. The van der Waals surface area contributed by atoms with Crippen molar-refractivity contribution in [2.45, 2.75) is 12.1 Å². The van der Waals surface area contributed by atoms with Gasteiger partial charge in [0.05, 0.1) is 17.6 Å². The van der Waals surface area contributed by atoms with Crippen molar-refractivity contribution in [2.24, 2.45) is 5.73 Å². The lowest BCUT2D eigenvalue weighted by atomic mass is 10.1. The summed E-state index contributed by atoms with van der Waals surface area (Å²) in [5.74, 6) is -0.147. The van der Waals surface area contributed by atoms with Crippen LogP contribution in [0.1, 0.15) is 5.56 Å². The number of carbonyl (C=O) groups is 1. The first kappa shape index (κ1) is 15.4. The molecule has 3 rings (SSSR count). The highest BCUT2D eigenvalue weighted by Crippen LogP contribution is 2.29. The van der Waals surface area contributed by atoms with Crippen molar-refractivity contribution in [3.63, 3.8) is 0 Å². The van der Waals surface area contributed by atoms with Crippen LogP contribution in [0.3, 0.4) is 0 Å². The number of hydrogen-bond acceptors (Lipinski definition) is 3. The fourth-order valence-corrected chi connectivity index (χ4v) is 3.06. The van der Waals surface area contributed by atoms with E-state index in [1.54, 1.807) is 0 Å². The van der Waals surface area contributed by atoms with E-state index in [0.29, 0.717) is 0 Å². The van der Waals surface area contributed by atoms with Crippen LogP contribution in [0.15, 0.2) is 66.0 Å². The van der Waals surface area contributed by atoms with Gasteiger partial charge in [0, 0.05) is 11.3 Å². The number of amides is 1. The molecule has 0 unspecified atom stereocenters. The molecule has 2 aromatic carbocycles. The average molecular weight is 323 g/mol. The Hall–Kier alpha value is -2.53. The van der Waals surface area contributed by atoms with Crippen molar-refractivity contribution < 1.29 is 4.79 Å². The Bertz CT molecular complexity index is 810. The van der Waals surface area contributed by atoms with Crippen molar-refractivity contribution in [2.75, 3.05) is 5.75 Å². The number of nitrogens with zero attached hydrogens (tertiary/aromatic N) is 2. The standard InChI is InChI=1S/C18H17N3OS/c1-13-7-9-15(10-8-13)21-16(14-5-3-2-4-6-14)11-20-18(21)23-12-17(19)22/h2-11H,12H2,1H3,(H2,19,22). The molecule has 0 saturated carbocycles. The molecule has 3 aromatic rings. The van der Waals surface area contributed by atoms with Gasteiger partial charge in [0.15, 0.2) is 5.16 Å². The first-order valence-corrected chi connectivity index (χ1v) is 8.25. The third-order valence-corrected chi connectivity index (χ3v) is 4.41. The number of benzene rings is 2. The van der Waals surface area contributed by atoms with Crippen molar-refractivity contribution in [1.29, 1.82) is 0 Å². The van der Waals surface area contributed by atoms with Crippen LogP contribution in [-0.2, 0) is 4.79 Å². The van der Waals surface area contributed by atoms with Crippen LogP contribution in [0.4, 0.5) is 0 Å². The predicted molar refractivity (Wildman–Crippen MR) is 93.7 cm³/mol. The van der Waals surface area contributed by atoms with Crippen LogP contribution in [-0.4, -0.2) is 21.2 Å². The van der Waals surface area contributed by atoms with Gasteiger partial charge in [-0.3, -0.25) is 9.36 Å². The van der Waals surface area contributed by atoms with Gasteiger partial charge in [0.25, 0.3) is 0 Å². The number of imidazole rings is 1. The maximum Gasteiger partial charge on any atom is 0.227 e. The SMILES string of the molecule is Cc1ccc(-n2c(-c3ccccc3)cnc2SCC(N)=O)cc1. The summed E-state index contributed by atoms with van der Waals surface area (Å²) in [6.07, 6.45) is 1.83. The highest BCUT2D eigenvalue weighted by Gasteiger charge is 2.14. The number of aromatic nitrogens is 2. The summed E-state index contributed by atoms with van der Waals surface area (Å²) in [6, 6.07) is 18.3. The molecule has 0 aliphatic carbocycles. The van der Waals surface area contributed by atoms with Gasteiger partial charge < -0.3 is 5.73 Å². The van der Waals surface area contributed by atoms with Crippen molar-refractivity contribution in [3.8, 4) is 16.9 Å². The van der Waals surface area contributed by atoms with Gasteiger partial charge in [0.1, 0.15) is 0 Å². The van der Waals surface area contributed by atoms with Crippen LogP contribution in [0.2, 0.25) is 0 Å². The maximum absolute atomic E-state index is 11.1. The minimum Gasteiger partial charge on any atom is -0.369 e. The van der Waals surface area contributed by atoms with E-state index >= 15 is 0 Å².